The van der Waals surface area contributed by atoms with E-state index in [-0.39, 0.29) is 11.4 Å². The molecule has 3 rings (SSSR count). The van der Waals surface area contributed by atoms with Crippen LogP contribution in [0.2, 0.25) is 0 Å². The fourth-order valence-corrected chi connectivity index (χ4v) is 5.05. The van der Waals surface area contributed by atoms with E-state index in [1.165, 1.54) is 28.7 Å². The minimum absolute atomic E-state index is 0.266. The van der Waals surface area contributed by atoms with Crippen molar-refractivity contribution in [3.63, 3.8) is 0 Å². The topological polar surface area (TPSA) is 26.3 Å². The molecular weight excluding hydrogens is 356 g/mol. The maximum atomic E-state index is 11.9. The number of esters is 1. The van der Waals surface area contributed by atoms with E-state index in [2.05, 4.69) is 58.9 Å². The maximum absolute atomic E-state index is 11.9. The van der Waals surface area contributed by atoms with Gasteiger partial charge in [-0.3, -0.25) is 0 Å². The molecule has 2 nitrogen and oxygen atoms in total. The third kappa shape index (κ3) is 5.18. The summed E-state index contributed by atoms with van der Waals surface area (Å²) in [6.45, 7) is 14.0. The van der Waals surface area contributed by atoms with Crippen molar-refractivity contribution in [1.82, 2.24) is 0 Å². The molecule has 0 aromatic heterocycles. The fourth-order valence-electron chi connectivity index (χ4n) is 5.05. The Morgan fingerprint density at radius 2 is 1.66 bits per heavy atom. The molecule has 1 aliphatic carbocycles. The number of hydrogen-bond acceptors (Lipinski definition) is 2. The molecule has 0 saturated carbocycles. The van der Waals surface area contributed by atoms with Gasteiger partial charge in [0.1, 0.15) is 0 Å². The van der Waals surface area contributed by atoms with Crippen LogP contribution in [0.4, 0.5) is 0 Å². The van der Waals surface area contributed by atoms with Gasteiger partial charge in [-0.25, -0.2) is 4.79 Å². The van der Waals surface area contributed by atoms with Gasteiger partial charge in [0.05, 0.1) is 12.2 Å². The Kier molecular flexibility index (Phi) is 6.03. The van der Waals surface area contributed by atoms with Gasteiger partial charge >= 0.3 is 5.97 Å². The molecule has 2 heteroatoms. The van der Waals surface area contributed by atoms with Crippen LogP contribution < -0.4 is 0 Å². The van der Waals surface area contributed by atoms with Crippen molar-refractivity contribution in [2.45, 2.75) is 60.8 Å². The number of hydrogen-bond donors (Lipinski definition) is 0. The van der Waals surface area contributed by atoms with Crippen LogP contribution in [0.25, 0.3) is 11.6 Å². The Bertz CT molecular complexity index is 914. The van der Waals surface area contributed by atoms with Crippen LogP contribution in [0, 0.1) is 10.8 Å². The van der Waals surface area contributed by atoms with Gasteiger partial charge in [-0.1, -0.05) is 64.1 Å². The van der Waals surface area contributed by atoms with Crippen LogP contribution in [-0.4, -0.2) is 12.6 Å². The Morgan fingerprint density at radius 3 is 2.31 bits per heavy atom. The Labute approximate surface area is 176 Å². The van der Waals surface area contributed by atoms with E-state index in [1.807, 2.05) is 31.2 Å². The number of rotatable bonds is 4. The average molecular weight is 391 g/mol. The van der Waals surface area contributed by atoms with Crippen LogP contribution in [0.5, 0.6) is 0 Å². The van der Waals surface area contributed by atoms with Gasteiger partial charge in [-0.2, -0.15) is 0 Å². The number of carbonyl (C=O) groups is 1. The van der Waals surface area contributed by atoms with Crippen molar-refractivity contribution < 1.29 is 9.53 Å². The highest BCUT2D eigenvalue weighted by molar-refractivity contribution is 5.90. The summed E-state index contributed by atoms with van der Waals surface area (Å²) in [6.07, 6.45) is 5.68. The molecule has 0 aliphatic heterocycles. The zero-order valence-electron chi connectivity index (χ0n) is 18.8. The molecule has 154 valence electrons. The van der Waals surface area contributed by atoms with E-state index in [1.54, 1.807) is 0 Å². The molecule has 0 atom stereocenters. The minimum Gasteiger partial charge on any atom is -0.462 e. The van der Waals surface area contributed by atoms with E-state index < -0.39 is 0 Å². The number of fused-ring (bicyclic) bond motifs is 1. The van der Waals surface area contributed by atoms with Crippen molar-refractivity contribution in [2.75, 3.05) is 6.61 Å². The Hall–Kier alpha value is -2.35. The second kappa shape index (κ2) is 8.18. The molecule has 1 aliphatic rings. The summed E-state index contributed by atoms with van der Waals surface area (Å²) in [5.41, 5.74) is 7.90. The number of ether oxygens (including phenoxy) is 1. The molecule has 0 spiro atoms. The van der Waals surface area contributed by atoms with E-state index in [9.17, 15) is 4.79 Å². The summed E-state index contributed by atoms with van der Waals surface area (Å²) in [5.74, 6) is -0.266. The van der Waals surface area contributed by atoms with Crippen molar-refractivity contribution in [1.29, 1.82) is 0 Å². The van der Waals surface area contributed by atoms with Crippen molar-refractivity contribution in [2.24, 2.45) is 10.8 Å². The highest BCUT2D eigenvalue weighted by Gasteiger charge is 2.34. The van der Waals surface area contributed by atoms with Gasteiger partial charge < -0.3 is 4.74 Å². The number of carbonyl (C=O) groups excluding carboxylic acids is 1. The second-order valence-electron chi connectivity index (χ2n) is 9.97. The summed E-state index contributed by atoms with van der Waals surface area (Å²) >= 11 is 0. The van der Waals surface area contributed by atoms with Crippen molar-refractivity contribution >= 4 is 17.6 Å². The van der Waals surface area contributed by atoms with Gasteiger partial charge in [-0.15, -0.1) is 0 Å². The van der Waals surface area contributed by atoms with Gasteiger partial charge in [0.25, 0.3) is 0 Å². The van der Waals surface area contributed by atoms with Crippen molar-refractivity contribution in [3.05, 3.63) is 70.3 Å². The van der Waals surface area contributed by atoms with E-state index in [0.717, 1.165) is 18.4 Å². The molecular formula is C27H34O2. The first-order chi connectivity index (χ1) is 13.6. The average Bonchev–Trinajstić information content (AvgIpc) is 2.72. The lowest BCUT2D eigenvalue weighted by atomic mass is 9.73. The Morgan fingerprint density at radius 1 is 1.00 bits per heavy atom. The highest BCUT2D eigenvalue weighted by Crippen LogP contribution is 2.44. The standard InChI is InChI=1S/C27H34O2/c1-7-29-25(28)21-13-11-20(12-14-21)15-19(2)23-10-8-9-22-16-26(3,4)18-27(5,6)17-24(22)23/h8-15H,7,16-18H2,1-6H3/b19-15+. The monoisotopic (exact) mass is 390 g/mol. The summed E-state index contributed by atoms with van der Waals surface area (Å²) in [7, 11) is 0. The van der Waals surface area contributed by atoms with Crippen LogP contribution in [-0.2, 0) is 17.6 Å². The molecule has 0 bridgehead atoms. The van der Waals surface area contributed by atoms with Gasteiger partial charge in [-0.05, 0) is 83.9 Å². The molecule has 0 N–H and O–H groups in total. The highest BCUT2D eigenvalue weighted by atomic mass is 16.5. The lowest BCUT2D eigenvalue weighted by molar-refractivity contribution is 0.0526. The number of benzene rings is 2. The zero-order valence-corrected chi connectivity index (χ0v) is 18.8. The second-order valence-corrected chi connectivity index (χ2v) is 9.97. The third-order valence-corrected chi connectivity index (χ3v) is 5.78. The van der Waals surface area contributed by atoms with Crippen LogP contribution >= 0.6 is 0 Å². The third-order valence-electron chi connectivity index (χ3n) is 5.78. The van der Waals surface area contributed by atoms with Gasteiger partial charge in [0.15, 0.2) is 0 Å². The normalized spacial score (nSPS) is 17.9. The van der Waals surface area contributed by atoms with Gasteiger partial charge in [0, 0.05) is 0 Å². The molecule has 0 radical (unpaired) electrons. The quantitative estimate of drug-likeness (QED) is 0.320. The molecule has 29 heavy (non-hydrogen) atoms. The molecule has 0 amide bonds. The fraction of sp³-hybridized carbons (Fsp3) is 0.444. The SMILES string of the molecule is CCOC(=O)c1ccc(/C=C(\C)c2cccc3c2CC(C)(C)CC(C)(C)C3)cc1. The predicted molar refractivity (Wildman–Crippen MR) is 122 cm³/mol. The molecule has 2 aromatic rings. The van der Waals surface area contributed by atoms with E-state index >= 15 is 0 Å². The van der Waals surface area contributed by atoms with Crippen LogP contribution in [0.3, 0.4) is 0 Å². The minimum atomic E-state index is -0.266. The van der Waals surface area contributed by atoms with Crippen LogP contribution in [0.1, 0.15) is 80.6 Å². The maximum Gasteiger partial charge on any atom is 0.338 e. The first kappa shape index (κ1) is 21.4. The van der Waals surface area contributed by atoms with Crippen LogP contribution in [0.15, 0.2) is 42.5 Å². The summed E-state index contributed by atoms with van der Waals surface area (Å²) < 4.78 is 5.07. The lowest BCUT2D eigenvalue weighted by Crippen LogP contribution is -2.23. The van der Waals surface area contributed by atoms with Crippen molar-refractivity contribution in [3.8, 4) is 0 Å². The number of allylic oxidation sites excluding steroid dienone is 1. The van der Waals surface area contributed by atoms with E-state index in [0.29, 0.717) is 17.6 Å². The smallest absolute Gasteiger partial charge is 0.338 e. The first-order valence-electron chi connectivity index (χ1n) is 10.7. The molecule has 0 unspecified atom stereocenters. The predicted octanol–water partition coefficient (Wildman–Crippen LogP) is 6.96. The molecule has 0 fully saturated rings. The molecule has 0 heterocycles. The zero-order chi connectivity index (χ0) is 21.2. The van der Waals surface area contributed by atoms with E-state index in [4.69, 9.17) is 4.74 Å². The summed E-state index contributed by atoms with van der Waals surface area (Å²) in [6, 6.07) is 14.4. The lowest BCUT2D eigenvalue weighted by Gasteiger charge is -2.32. The Balaban J connectivity index is 1.94. The summed E-state index contributed by atoms with van der Waals surface area (Å²) in [4.78, 5) is 11.9. The summed E-state index contributed by atoms with van der Waals surface area (Å²) in [5, 5.41) is 0. The molecule has 0 saturated heterocycles. The first-order valence-corrected chi connectivity index (χ1v) is 10.7. The largest absolute Gasteiger partial charge is 0.462 e. The van der Waals surface area contributed by atoms with Gasteiger partial charge in [0.2, 0.25) is 0 Å². The molecule has 2 aromatic carbocycles.